The number of methoxy groups -OCH3 is 1. The second kappa shape index (κ2) is 8.00. The second-order valence-electron chi connectivity index (χ2n) is 6.44. The summed E-state index contributed by atoms with van der Waals surface area (Å²) in [6.07, 6.45) is 3.21. The van der Waals surface area contributed by atoms with Gasteiger partial charge < -0.3 is 9.64 Å². The third-order valence-electron chi connectivity index (χ3n) is 4.74. The number of hydrogen-bond donors (Lipinski definition) is 0. The third-order valence-corrected chi connectivity index (χ3v) is 4.74. The Morgan fingerprint density at radius 3 is 2.50 bits per heavy atom. The topological polar surface area (TPSA) is 46.6 Å². The van der Waals surface area contributed by atoms with Crippen LogP contribution in [-0.2, 0) is 11.2 Å². The number of Topliss-reactive ketones (excluding diaryl/α,β-unsaturated/α-hetero) is 1. The Labute approximate surface area is 154 Å². The summed E-state index contributed by atoms with van der Waals surface area (Å²) in [4.78, 5) is 26.2. The van der Waals surface area contributed by atoms with Crippen molar-refractivity contribution in [3.05, 3.63) is 71.3 Å². The molecule has 0 atom stereocenters. The van der Waals surface area contributed by atoms with Crippen LogP contribution in [0.3, 0.4) is 0 Å². The number of hydrogen-bond acceptors (Lipinski definition) is 3. The molecule has 0 bridgehead atoms. The highest BCUT2D eigenvalue weighted by atomic mass is 16.5. The molecule has 134 valence electrons. The van der Waals surface area contributed by atoms with Crippen molar-refractivity contribution >= 4 is 17.3 Å². The summed E-state index contributed by atoms with van der Waals surface area (Å²) < 4.78 is 5.35. The Bertz CT molecular complexity index is 840. The first-order valence-corrected chi connectivity index (χ1v) is 8.78. The molecule has 1 amide bonds. The molecule has 0 N–H and O–H groups in total. The molecule has 4 heteroatoms. The lowest BCUT2D eigenvalue weighted by Gasteiger charge is -2.27. The van der Waals surface area contributed by atoms with Gasteiger partial charge in [0.2, 0.25) is 5.91 Å². The van der Waals surface area contributed by atoms with Gasteiger partial charge in [0.1, 0.15) is 5.75 Å². The summed E-state index contributed by atoms with van der Waals surface area (Å²) in [5, 5.41) is 0. The molecular weight excluding hydrogens is 326 g/mol. The zero-order chi connectivity index (χ0) is 18.5. The summed E-state index contributed by atoms with van der Waals surface area (Å²) >= 11 is 0. The van der Waals surface area contributed by atoms with Crippen LogP contribution in [0.2, 0.25) is 0 Å². The van der Waals surface area contributed by atoms with Gasteiger partial charge in [-0.05, 0) is 42.7 Å². The minimum Gasteiger partial charge on any atom is -0.496 e. The van der Waals surface area contributed by atoms with Crippen LogP contribution in [0.25, 0.3) is 5.57 Å². The fraction of sp³-hybridized carbons (Fsp3) is 0.273. The van der Waals surface area contributed by atoms with Gasteiger partial charge in [-0.1, -0.05) is 36.4 Å². The smallest absolute Gasteiger partial charge is 0.227 e. The average Bonchev–Trinajstić information content (AvgIpc) is 2.68. The minimum atomic E-state index is -0.0187. The summed E-state index contributed by atoms with van der Waals surface area (Å²) in [6.45, 7) is 2.83. The first kappa shape index (κ1) is 17.9. The van der Waals surface area contributed by atoms with Crippen LogP contribution in [-0.4, -0.2) is 36.8 Å². The normalized spacial score (nSPS) is 13.9. The SMILES string of the molecule is COc1ccc(C(C)=O)cc1CC(=O)N1CC=C(c2ccccc2)CC1. The molecule has 3 rings (SSSR count). The highest BCUT2D eigenvalue weighted by Gasteiger charge is 2.20. The molecular formula is C22H23NO3. The van der Waals surface area contributed by atoms with E-state index in [1.807, 2.05) is 23.1 Å². The summed E-state index contributed by atoms with van der Waals surface area (Å²) in [6, 6.07) is 15.5. The van der Waals surface area contributed by atoms with Gasteiger partial charge in [0.05, 0.1) is 13.5 Å². The largest absolute Gasteiger partial charge is 0.496 e. The van der Waals surface area contributed by atoms with Gasteiger partial charge >= 0.3 is 0 Å². The third kappa shape index (κ3) is 4.02. The Balaban J connectivity index is 1.71. The average molecular weight is 349 g/mol. The first-order valence-electron chi connectivity index (χ1n) is 8.78. The molecule has 1 heterocycles. The molecule has 26 heavy (non-hydrogen) atoms. The maximum absolute atomic E-state index is 12.7. The molecule has 2 aromatic rings. The van der Waals surface area contributed by atoms with Crippen molar-refractivity contribution in [3.8, 4) is 5.75 Å². The van der Waals surface area contributed by atoms with E-state index < -0.39 is 0 Å². The molecule has 0 saturated carbocycles. The van der Waals surface area contributed by atoms with Gasteiger partial charge in [-0.3, -0.25) is 9.59 Å². The summed E-state index contributed by atoms with van der Waals surface area (Å²) in [7, 11) is 1.58. The van der Waals surface area contributed by atoms with Crippen molar-refractivity contribution in [2.45, 2.75) is 19.8 Å². The van der Waals surface area contributed by atoms with Crippen LogP contribution in [0.4, 0.5) is 0 Å². The van der Waals surface area contributed by atoms with E-state index in [2.05, 4.69) is 18.2 Å². The number of amides is 1. The molecule has 0 saturated heterocycles. The van der Waals surface area contributed by atoms with Gasteiger partial charge in [-0.15, -0.1) is 0 Å². The van der Waals surface area contributed by atoms with Crippen LogP contribution >= 0.6 is 0 Å². The molecule has 0 fully saturated rings. The van der Waals surface area contributed by atoms with E-state index in [0.29, 0.717) is 24.4 Å². The molecule has 2 aromatic carbocycles. The van der Waals surface area contributed by atoms with Crippen LogP contribution in [0.1, 0.15) is 34.8 Å². The maximum atomic E-state index is 12.7. The van der Waals surface area contributed by atoms with E-state index in [9.17, 15) is 9.59 Å². The lowest BCUT2D eigenvalue weighted by molar-refractivity contribution is -0.130. The first-order chi connectivity index (χ1) is 12.6. The van der Waals surface area contributed by atoms with E-state index in [1.165, 1.54) is 18.1 Å². The molecule has 1 aliphatic rings. The maximum Gasteiger partial charge on any atom is 0.227 e. The fourth-order valence-corrected chi connectivity index (χ4v) is 3.22. The molecule has 4 nitrogen and oxygen atoms in total. The number of benzene rings is 2. The minimum absolute atomic E-state index is 0.0187. The zero-order valence-electron chi connectivity index (χ0n) is 15.2. The molecule has 0 aromatic heterocycles. The molecule has 0 radical (unpaired) electrons. The van der Waals surface area contributed by atoms with Gasteiger partial charge in [-0.2, -0.15) is 0 Å². The van der Waals surface area contributed by atoms with Gasteiger partial charge in [0, 0.05) is 24.2 Å². The highest BCUT2D eigenvalue weighted by molar-refractivity contribution is 5.94. The van der Waals surface area contributed by atoms with Crippen molar-refractivity contribution in [1.82, 2.24) is 4.90 Å². The molecule has 1 aliphatic heterocycles. The number of carbonyl (C=O) groups is 2. The number of ether oxygens (including phenoxy) is 1. The van der Waals surface area contributed by atoms with E-state index in [4.69, 9.17) is 4.74 Å². The molecule has 0 unspecified atom stereocenters. The van der Waals surface area contributed by atoms with E-state index in [0.717, 1.165) is 12.0 Å². The Hall–Kier alpha value is -2.88. The van der Waals surface area contributed by atoms with Crippen molar-refractivity contribution in [2.24, 2.45) is 0 Å². The quantitative estimate of drug-likeness (QED) is 0.772. The second-order valence-corrected chi connectivity index (χ2v) is 6.44. The van der Waals surface area contributed by atoms with E-state index in [1.54, 1.807) is 25.3 Å². The predicted molar refractivity (Wildman–Crippen MR) is 102 cm³/mol. The summed E-state index contributed by atoms with van der Waals surface area (Å²) in [5.74, 6) is 0.669. The van der Waals surface area contributed by atoms with Crippen molar-refractivity contribution in [2.75, 3.05) is 20.2 Å². The van der Waals surface area contributed by atoms with Crippen molar-refractivity contribution in [1.29, 1.82) is 0 Å². The molecule has 0 spiro atoms. The van der Waals surface area contributed by atoms with Gasteiger partial charge in [0.15, 0.2) is 5.78 Å². The van der Waals surface area contributed by atoms with Crippen LogP contribution in [0.15, 0.2) is 54.6 Å². The molecule has 0 aliphatic carbocycles. The number of carbonyl (C=O) groups excluding carboxylic acids is 2. The lowest BCUT2D eigenvalue weighted by atomic mass is 9.99. The Morgan fingerprint density at radius 2 is 1.88 bits per heavy atom. The Morgan fingerprint density at radius 1 is 1.12 bits per heavy atom. The van der Waals surface area contributed by atoms with Crippen molar-refractivity contribution < 1.29 is 14.3 Å². The van der Waals surface area contributed by atoms with E-state index in [-0.39, 0.29) is 18.1 Å². The zero-order valence-corrected chi connectivity index (χ0v) is 15.2. The van der Waals surface area contributed by atoms with Crippen LogP contribution in [0, 0.1) is 0 Å². The Kier molecular flexibility index (Phi) is 5.52. The van der Waals surface area contributed by atoms with Crippen LogP contribution < -0.4 is 4.74 Å². The number of nitrogens with zero attached hydrogens (tertiary/aromatic N) is 1. The summed E-state index contributed by atoms with van der Waals surface area (Å²) in [5.41, 5.74) is 3.85. The monoisotopic (exact) mass is 349 g/mol. The van der Waals surface area contributed by atoms with Gasteiger partial charge in [-0.25, -0.2) is 0 Å². The van der Waals surface area contributed by atoms with Crippen LogP contribution in [0.5, 0.6) is 5.75 Å². The van der Waals surface area contributed by atoms with Gasteiger partial charge in [0.25, 0.3) is 0 Å². The fourth-order valence-electron chi connectivity index (χ4n) is 3.22. The number of ketones is 1. The standard InChI is InChI=1S/C22H23NO3/c1-16(24)19-8-9-21(26-2)20(14-19)15-22(25)23-12-10-18(11-13-23)17-6-4-3-5-7-17/h3-10,14H,11-13,15H2,1-2H3. The van der Waals surface area contributed by atoms with E-state index >= 15 is 0 Å². The lowest BCUT2D eigenvalue weighted by Crippen LogP contribution is -2.35. The van der Waals surface area contributed by atoms with Crippen molar-refractivity contribution in [3.63, 3.8) is 0 Å². The number of rotatable bonds is 5. The highest BCUT2D eigenvalue weighted by Crippen LogP contribution is 2.24. The predicted octanol–water partition coefficient (Wildman–Crippen LogP) is 3.76.